The normalized spacial score (nSPS) is 19.2. The fourth-order valence-corrected chi connectivity index (χ4v) is 6.06. The molecule has 8 heteroatoms. The maximum Gasteiger partial charge on any atom is 0.255 e. The number of amides is 1. The number of aromatic nitrogens is 1. The molecule has 0 spiro atoms. The zero-order valence-electron chi connectivity index (χ0n) is 25.2. The molecule has 0 bridgehead atoms. The van der Waals surface area contributed by atoms with E-state index in [9.17, 15) is 9.18 Å². The van der Waals surface area contributed by atoms with E-state index in [1.165, 1.54) is 28.8 Å². The highest BCUT2D eigenvalue weighted by atomic mass is 19.1. The second-order valence-corrected chi connectivity index (χ2v) is 12.0. The van der Waals surface area contributed by atoms with Gasteiger partial charge in [-0.3, -0.25) is 9.69 Å². The van der Waals surface area contributed by atoms with E-state index < -0.39 is 0 Å². The predicted molar refractivity (Wildman–Crippen MR) is 172 cm³/mol. The fraction of sp³-hybridized carbons (Fsp3) is 0.333. The highest BCUT2D eigenvalue weighted by Gasteiger charge is 2.30. The molecule has 1 saturated heterocycles. The lowest BCUT2D eigenvalue weighted by Gasteiger charge is -2.32. The standard InChI is InChI=1S/C36H40FN5O2/c1-41-17-19-42(20-18-41)23-25-5-9-27(10-6-25)28-11-7-26(8-12-28)24-44-34-4-2-3-33(34)40-36(43)32-21-30(22-39-35(32)38)29-13-15-31(37)16-14-29/h5-16,21-22,33-34H,2-4,17-20,23-24H2,1H3,(H2,38,39)(H,40,43)/t33-,34?/m0/s1. The van der Waals surface area contributed by atoms with Crippen LogP contribution >= 0.6 is 0 Å². The van der Waals surface area contributed by atoms with Crippen molar-refractivity contribution < 1.29 is 13.9 Å². The number of piperazine rings is 1. The van der Waals surface area contributed by atoms with E-state index in [0.717, 1.165) is 63.1 Å². The first kappa shape index (κ1) is 29.9. The summed E-state index contributed by atoms with van der Waals surface area (Å²) in [6, 6.07) is 25.1. The molecule has 1 saturated carbocycles. The molecule has 2 atom stereocenters. The molecule has 3 aromatic carbocycles. The molecule has 1 aliphatic carbocycles. The molecule has 4 aromatic rings. The Labute approximate surface area is 258 Å². The SMILES string of the molecule is CN1CCN(Cc2ccc(-c3ccc(COC4CCC[C@@H]4NC(=O)c4cc(-c5ccc(F)cc5)cnc4N)cc3)cc2)CC1. The lowest BCUT2D eigenvalue weighted by molar-refractivity contribution is 0.0272. The first-order valence-corrected chi connectivity index (χ1v) is 15.4. The zero-order chi connectivity index (χ0) is 30.5. The number of nitrogen functional groups attached to an aromatic ring is 1. The summed E-state index contributed by atoms with van der Waals surface area (Å²) in [6.45, 7) is 5.98. The van der Waals surface area contributed by atoms with Crippen LogP contribution < -0.4 is 11.1 Å². The highest BCUT2D eigenvalue weighted by molar-refractivity contribution is 5.99. The van der Waals surface area contributed by atoms with E-state index in [-0.39, 0.29) is 29.7 Å². The second-order valence-electron chi connectivity index (χ2n) is 12.0. The summed E-state index contributed by atoms with van der Waals surface area (Å²) in [7, 11) is 2.19. The molecule has 7 nitrogen and oxygen atoms in total. The monoisotopic (exact) mass is 593 g/mol. The van der Waals surface area contributed by atoms with Crippen LogP contribution in [0.1, 0.15) is 40.7 Å². The maximum absolute atomic E-state index is 13.4. The number of pyridine rings is 1. The van der Waals surface area contributed by atoms with Crippen molar-refractivity contribution in [3.8, 4) is 22.3 Å². The van der Waals surface area contributed by atoms with Crippen molar-refractivity contribution in [2.45, 2.75) is 44.6 Å². The van der Waals surface area contributed by atoms with Crippen LogP contribution in [0, 0.1) is 5.82 Å². The van der Waals surface area contributed by atoms with Gasteiger partial charge in [0, 0.05) is 44.5 Å². The Morgan fingerprint density at radius 3 is 2.18 bits per heavy atom. The number of nitrogens with one attached hydrogen (secondary N) is 1. The third kappa shape index (κ3) is 7.33. The summed E-state index contributed by atoms with van der Waals surface area (Å²) >= 11 is 0. The van der Waals surface area contributed by atoms with E-state index in [2.05, 4.69) is 75.7 Å². The number of benzene rings is 3. The molecule has 6 rings (SSSR count). The lowest BCUT2D eigenvalue weighted by Crippen LogP contribution is -2.43. The van der Waals surface area contributed by atoms with Crippen molar-refractivity contribution in [2.75, 3.05) is 39.0 Å². The van der Waals surface area contributed by atoms with Crippen molar-refractivity contribution in [2.24, 2.45) is 0 Å². The first-order chi connectivity index (χ1) is 21.4. The minimum absolute atomic E-state index is 0.0825. The molecular weight excluding hydrogens is 553 g/mol. The topological polar surface area (TPSA) is 83.7 Å². The van der Waals surface area contributed by atoms with Crippen LogP contribution in [0.25, 0.3) is 22.3 Å². The van der Waals surface area contributed by atoms with Crippen molar-refractivity contribution in [1.29, 1.82) is 0 Å². The largest absolute Gasteiger partial charge is 0.383 e. The van der Waals surface area contributed by atoms with Crippen molar-refractivity contribution in [3.05, 3.63) is 108 Å². The molecule has 2 aliphatic rings. The van der Waals surface area contributed by atoms with Gasteiger partial charge < -0.3 is 20.7 Å². The van der Waals surface area contributed by atoms with Crippen molar-refractivity contribution in [3.63, 3.8) is 0 Å². The molecule has 2 heterocycles. The average molecular weight is 594 g/mol. The Bertz CT molecular complexity index is 1550. The predicted octanol–water partition coefficient (Wildman–Crippen LogP) is 5.75. The number of hydrogen-bond donors (Lipinski definition) is 2. The molecule has 0 radical (unpaired) electrons. The van der Waals surface area contributed by atoms with E-state index >= 15 is 0 Å². The van der Waals surface area contributed by atoms with E-state index in [1.54, 1.807) is 24.4 Å². The first-order valence-electron chi connectivity index (χ1n) is 15.4. The third-order valence-electron chi connectivity index (χ3n) is 8.82. The van der Waals surface area contributed by atoms with Crippen LogP contribution in [-0.2, 0) is 17.9 Å². The van der Waals surface area contributed by atoms with Gasteiger partial charge in [0.25, 0.3) is 5.91 Å². The van der Waals surface area contributed by atoms with Crippen molar-refractivity contribution >= 4 is 11.7 Å². The van der Waals surface area contributed by atoms with E-state index in [4.69, 9.17) is 10.5 Å². The number of carbonyl (C=O) groups excluding carboxylic acids is 1. The van der Waals surface area contributed by atoms with Crippen LogP contribution in [0.15, 0.2) is 85.1 Å². The third-order valence-corrected chi connectivity index (χ3v) is 8.82. The molecule has 228 valence electrons. The molecule has 44 heavy (non-hydrogen) atoms. The number of nitrogens with zero attached hydrogens (tertiary/aromatic N) is 3. The minimum Gasteiger partial charge on any atom is -0.383 e. The van der Waals surface area contributed by atoms with Gasteiger partial charge in [0.15, 0.2) is 0 Å². The molecular formula is C36H40FN5O2. The summed E-state index contributed by atoms with van der Waals surface area (Å²) in [5.74, 6) is -0.438. The number of anilines is 1. The lowest BCUT2D eigenvalue weighted by atomic mass is 10.0. The van der Waals surface area contributed by atoms with Gasteiger partial charge >= 0.3 is 0 Å². The molecule has 1 amide bonds. The Morgan fingerprint density at radius 1 is 0.886 bits per heavy atom. The minimum atomic E-state index is -0.319. The Kier molecular flexibility index (Phi) is 9.31. The number of ether oxygens (including phenoxy) is 1. The summed E-state index contributed by atoms with van der Waals surface area (Å²) in [4.78, 5) is 22.3. The zero-order valence-corrected chi connectivity index (χ0v) is 25.2. The number of hydrogen-bond acceptors (Lipinski definition) is 6. The molecule has 1 unspecified atom stereocenters. The number of rotatable bonds is 9. The quantitative estimate of drug-likeness (QED) is 0.257. The summed E-state index contributed by atoms with van der Waals surface area (Å²) in [6.07, 6.45) is 4.21. The van der Waals surface area contributed by atoms with Gasteiger partial charge in [-0.1, -0.05) is 60.7 Å². The van der Waals surface area contributed by atoms with E-state index in [1.807, 2.05) is 0 Å². The summed E-state index contributed by atoms with van der Waals surface area (Å²) in [5.41, 5.74) is 12.7. The maximum atomic E-state index is 13.4. The van der Waals surface area contributed by atoms with Crippen LogP contribution in [0.4, 0.5) is 10.2 Å². The number of carbonyl (C=O) groups is 1. The molecule has 1 aliphatic heterocycles. The molecule has 3 N–H and O–H groups in total. The summed E-state index contributed by atoms with van der Waals surface area (Å²) < 4.78 is 19.7. The Balaban J connectivity index is 1.02. The van der Waals surface area contributed by atoms with Gasteiger partial charge in [0.05, 0.1) is 24.3 Å². The fourth-order valence-electron chi connectivity index (χ4n) is 6.06. The van der Waals surface area contributed by atoms with E-state index in [0.29, 0.717) is 17.7 Å². The van der Waals surface area contributed by atoms with Gasteiger partial charge in [-0.15, -0.1) is 0 Å². The van der Waals surface area contributed by atoms with Gasteiger partial charge in [0.2, 0.25) is 0 Å². The number of likely N-dealkylation sites (N-methyl/N-ethyl adjacent to an activating group) is 1. The smallest absolute Gasteiger partial charge is 0.255 e. The van der Waals surface area contributed by atoms with Gasteiger partial charge in [-0.2, -0.15) is 0 Å². The van der Waals surface area contributed by atoms with Gasteiger partial charge in [-0.25, -0.2) is 9.37 Å². The van der Waals surface area contributed by atoms with Crippen LogP contribution in [0.3, 0.4) is 0 Å². The Morgan fingerprint density at radius 2 is 1.50 bits per heavy atom. The van der Waals surface area contributed by atoms with Crippen LogP contribution in [-0.4, -0.2) is 66.1 Å². The average Bonchev–Trinajstić information content (AvgIpc) is 3.49. The second kappa shape index (κ2) is 13.7. The van der Waals surface area contributed by atoms with Crippen LogP contribution in [0.5, 0.6) is 0 Å². The van der Waals surface area contributed by atoms with Crippen LogP contribution in [0.2, 0.25) is 0 Å². The van der Waals surface area contributed by atoms with Gasteiger partial charge in [0.1, 0.15) is 11.6 Å². The van der Waals surface area contributed by atoms with Gasteiger partial charge in [-0.05, 0) is 72.3 Å². The van der Waals surface area contributed by atoms with Crippen molar-refractivity contribution in [1.82, 2.24) is 20.1 Å². The highest BCUT2D eigenvalue weighted by Crippen LogP contribution is 2.27. The Hall–Kier alpha value is -4.11. The molecule has 2 fully saturated rings. The number of halogens is 1. The molecule has 1 aromatic heterocycles. The summed E-state index contributed by atoms with van der Waals surface area (Å²) in [5, 5.41) is 3.12. The number of nitrogens with two attached hydrogens (primary N) is 1.